The first-order valence-electron chi connectivity index (χ1n) is 8.20. The summed E-state index contributed by atoms with van der Waals surface area (Å²) in [6.45, 7) is 2.03. The molecule has 0 amide bonds. The van der Waals surface area contributed by atoms with E-state index >= 15 is 0 Å². The van der Waals surface area contributed by atoms with Crippen LogP contribution in [0.5, 0.6) is 0 Å². The second-order valence-corrected chi connectivity index (χ2v) is 6.29. The van der Waals surface area contributed by atoms with Crippen molar-refractivity contribution in [3.63, 3.8) is 0 Å². The number of halogens is 1. The highest BCUT2D eigenvalue weighted by Crippen LogP contribution is 2.25. The van der Waals surface area contributed by atoms with Gasteiger partial charge in [-0.15, -0.1) is 0 Å². The first-order valence-corrected chi connectivity index (χ1v) is 8.20. The molecule has 3 heterocycles. The van der Waals surface area contributed by atoms with Crippen LogP contribution < -0.4 is 4.90 Å². The third-order valence-electron chi connectivity index (χ3n) is 4.57. The first-order chi connectivity index (χ1) is 11.7. The topological polar surface area (TPSA) is 65.0 Å². The molecule has 0 saturated carbocycles. The van der Waals surface area contributed by atoms with E-state index in [2.05, 4.69) is 19.9 Å². The van der Waals surface area contributed by atoms with Gasteiger partial charge >= 0.3 is 0 Å². The van der Waals surface area contributed by atoms with E-state index in [0.29, 0.717) is 17.3 Å². The van der Waals surface area contributed by atoms with Gasteiger partial charge in [-0.05, 0) is 49.1 Å². The summed E-state index contributed by atoms with van der Waals surface area (Å²) in [7, 11) is 0. The van der Waals surface area contributed by atoms with Crippen molar-refractivity contribution in [2.75, 3.05) is 24.6 Å². The van der Waals surface area contributed by atoms with E-state index < -0.39 is 0 Å². The maximum absolute atomic E-state index is 13.3. The van der Waals surface area contributed by atoms with Crippen molar-refractivity contribution in [1.82, 2.24) is 15.0 Å². The van der Waals surface area contributed by atoms with Crippen LogP contribution in [-0.4, -0.2) is 39.8 Å². The number of pyridine rings is 1. The standard InChI is InChI=1S/C18H19FN4O/c19-14-4-5-15-16(8-14)22-18(21-15)13-3-6-17(20-9-13)23-7-1-2-12(10-23)11-24/h3-6,8-9,12,24H,1-2,7,10-11H2,(H,21,22). The average Bonchev–Trinajstić information content (AvgIpc) is 3.05. The van der Waals surface area contributed by atoms with Crippen LogP contribution in [-0.2, 0) is 0 Å². The smallest absolute Gasteiger partial charge is 0.140 e. The van der Waals surface area contributed by atoms with E-state index in [9.17, 15) is 9.50 Å². The molecule has 1 unspecified atom stereocenters. The summed E-state index contributed by atoms with van der Waals surface area (Å²) in [4.78, 5) is 14.4. The highest BCUT2D eigenvalue weighted by atomic mass is 19.1. The molecule has 2 N–H and O–H groups in total. The van der Waals surface area contributed by atoms with Gasteiger partial charge in [-0.1, -0.05) is 0 Å². The highest BCUT2D eigenvalue weighted by Gasteiger charge is 2.20. The molecule has 124 valence electrons. The molecule has 0 spiro atoms. The van der Waals surface area contributed by atoms with Crippen molar-refractivity contribution in [3.05, 3.63) is 42.3 Å². The Morgan fingerprint density at radius 1 is 1.29 bits per heavy atom. The lowest BCUT2D eigenvalue weighted by Gasteiger charge is -2.32. The summed E-state index contributed by atoms with van der Waals surface area (Å²) in [5.41, 5.74) is 2.28. The molecule has 24 heavy (non-hydrogen) atoms. The molecule has 0 aliphatic carbocycles. The Hall–Kier alpha value is -2.47. The van der Waals surface area contributed by atoms with E-state index in [0.717, 1.165) is 42.8 Å². The number of piperidine rings is 1. The lowest BCUT2D eigenvalue weighted by Crippen LogP contribution is -2.37. The van der Waals surface area contributed by atoms with Gasteiger partial charge in [-0.25, -0.2) is 14.4 Å². The molecule has 5 nitrogen and oxygen atoms in total. The van der Waals surface area contributed by atoms with Gasteiger partial charge in [0.25, 0.3) is 0 Å². The molecule has 0 bridgehead atoms. The van der Waals surface area contributed by atoms with Gasteiger partial charge < -0.3 is 15.0 Å². The summed E-state index contributed by atoms with van der Waals surface area (Å²) in [6, 6.07) is 8.45. The largest absolute Gasteiger partial charge is 0.396 e. The molecule has 0 radical (unpaired) electrons. The second kappa shape index (κ2) is 6.20. The van der Waals surface area contributed by atoms with Crippen LogP contribution in [0, 0.1) is 11.7 Å². The quantitative estimate of drug-likeness (QED) is 0.777. The minimum atomic E-state index is -0.283. The third kappa shape index (κ3) is 2.85. The molecule has 1 aliphatic heterocycles. The minimum absolute atomic E-state index is 0.226. The van der Waals surface area contributed by atoms with E-state index in [1.54, 1.807) is 12.3 Å². The first kappa shape index (κ1) is 15.1. The Morgan fingerprint density at radius 2 is 2.21 bits per heavy atom. The van der Waals surface area contributed by atoms with Gasteiger partial charge in [0.1, 0.15) is 17.5 Å². The van der Waals surface area contributed by atoms with Crippen LogP contribution in [0.2, 0.25) is 0 Å². The molecule has 3 aromatic rings. The SMILES string of the molecule is OCC1CCCN(c2ccc(-c3nc4ccc(F)cc4[nH]3)cn2)C1. The van der Waals surface area contributed by atoms with E-state index in [1.807, 2.05) is 12.1 Å². The number of rotatable bonds is 3. The van der Waals surface area contributed by atoms with Crippen molar-refractivity contribution in [2.24, 2.45) is 5.92 Å². The zero-order valence-corrected chi connectivity index (χ0v) is 13.2. The zero-order valence-electron chi connectivity index (χ0n) is 13.2. The normalized spacial score (nSPS) is 18.2. The van der Waals surface area contributed by atoms with Crippen molar-refractivity contribution >= 4 is 16.9 Å². The molecule has 1 saturated heterocycles. The molecule has 1 aromatic carbocycles. The molecule has 6 heteroatoms. The Bertz CT molecular complexity index is 846. The van der Waals surface area contributed by atoms with Crippen molar-refractivity contribution < 1.29 is 9.50 Å². The number of nitrogens with zero attached hydrogens (tertiary/aromatic N) is 3. The van der Waals surface area contributed by atoms with Crippen LogP contribution >= 0.6 is 0 Å². The predicted molar refractivity (Wildman–Crippen MR) is 91.3 cm³/mol. The number of anilines is 1. The van der Waals surface area contributed by atoms with Crippen molar-refractivity contribution in [3.8, 4) is 11.4 Å². The van der Waals surface area contributed by atoms with Crippen LogP contribution in [0.25, 0.3) is 22.4 Å². The highest BCUT2D eigenvalue weighted by molar-refractivity contribution is 5.79. The molecule has 1 aliphatic rings. The second-order valence-electron chi connectivity index (χ2n) is 6.29. The number of benzene rings is 1. The van der Waals surface area contributed by atoms with Crippen molar-refractivity contribution in [1.29, 1.82) is 0 Å². The van der Waals surface area contributed by atoms with Crippen LogP contribution in [0.15, 0.2) is 36.5 Å². The van der Waals surface area contributed by atoms with Crippen molar-refractivity contribution in [2.45, 2.75) is 12.8 Å². The zero-order chi connectivity index (χ0) is 16.5. The monoisotopic (exact) mass is 326 g/mol. The lowest BCUT2D eigenvalue weighted by atomic mass is 9.99. The van der Waals surface area contributed by atoms with Gasteiger partial charge in [0, 0.05) is 31.5 Å². The maximum Gasteiger partial charge on any atom is 0.140 e. The Labute approximate surface area is 139 Å². The summed E-state index contributed by atoms with van der Waals surface area (Å²) < 4.78 is 13.3. The fourth-order valence-electron chi connectivity index (χ4n) is 3.25. The van der Waals surface area contributed by atoms with Gasteiger partial charge in [0.05, 0.1) is 11.0 Å². The van der Waals surface area contributed by atoms with E-state index in [1.165, 1.54) is 12.1 Å². The number of aromatic amines is 1. The van der Waals surface area contributed by atoms with E-state index in [-0.39, 0.29) is 12.4 Å². The van der Waals surface area contributed by atoms with Gasteiger partial charge in [0.15, 0.2) is 0 Å². The molecular formula is C18H19FN4O. The number of hydrogen-bond acceptors (Lipinski definition) is 4. The van der Waals surface area contributed by atoms with Crippen LogP contribution in [0.1, 0.15) is 12.8 Å². The summed E-state index contributed by atoms with van der Waals surface area (Å²) >= 11 is 0. The van der Waals surface area contributed by atoms with Gasteiger partial charge in [-0.2, -0.15) is 0 Å². The minimum Gasteiger partial charge on any atom is -0.396 e. The third-order valence-corrected chi connectivity index (χ3v) is 4.57. The van der Waals surface area contributed by atoms with Crippen LogP contribution in [0.3, 0.4) is 0 Å². The molecule has 1 fully saturated rings. The number of aromatic nitrogens is 3. The van der Waals surface area contributed by atoms with Gasteiger partial charge in [-0.3, -0.25) is 0 Å². The lowest BCUT2D eigenvalue weighted by molar-refractivity contribution is 0.208. The summed E-state index contributed by atoms with van der Waals surface area (Å²) in [5.74, 6) is 1.64. The van der Waals surface area contributed by atoms with E-state index in [4.69, 9.17) is 0 Å². The Kier molecular flexibility index (Phi) is 3.90. The number of fused-ring (bicyclic) bond motifs is 1. The number of imidazole rings is 1. The Morgan fingerprint density at radius 3 is 3.00 bits per heavy atom. The fraction of sp³-hybridized carbons (Fsp3) is 0.333. The number of hydrogen-bond donors (Lipinski definition) is 2. The van der Waals surface area contributed by atoms with Crippen LogP contribution in [0.4, 0.5) is 10.2 Å². The number of aliphatic hydroxyl groups is 1. The molecular weight excluding hydrogens is 307 g/mol. The molecule has 1 atom stereocenters. The maximum atomic E-state index is 13.3. The van der Waals surface area contributed by atoms with Gasteiger partial charge in [0.2, 0.25) is 0 Å². The average molecular weight is 326 g/mol. The molecule has 4 rings (SSSR count). The number of nitrogens with one attached hydrogen (secondary N) is 1. The Balaban J connectivity index is 1.58. The molecule has 2 aromatic heterocycles. The predicted octanol–water partition coefficient (Wildman–Crippen LogP) is 2.97. The summed E-state index contributed by atoms with van der Waals surface area (Å²) in [5, 5.41) is 9.35. The number of aliphatic hydroxyl groups excluding tert-OH is 1. The fourth-order valence-corrected chi connectivity index (χ4v) is 3.25. The summed E-state index contributed by atoms with van der Waals surface area (Å²) in [6.07, 6.45) is 3.93. The number of H-pyrrole nitrogens is 1.